The Kier molecular flexibility index (Phi) is 4.55. The Morgan fingerprint density at radius 2 is 2.22 bits per heavy atom. The van der Waals surface area contributed by atoms with E-state index < -0.39 is 0 Å². The Balaban J connectivity index is 2.09. The van der Waals surface area contributed by atoms with Gasteiger partial charge in [-0.3, -0.25) is 4.79 Å². The highest BCUT2D eigenvalue weighted by Gasteiger charge is 2.14. The molecule has 1 heterocycles. The van der Waals surface area contributed by atoms with Crippen molar-refractivity contribution in [1.29, 1.82) is 0 Å². The fraction of sp³-hybridized carbons (Fsp3) is 0.167. The molecule has 0 bridgehead atoms. The molecule has 1 unspecified atom stereocenters. The van der Waals surface area contributed by atoms with Crippen molar-refractivity contribution in [1.82, 2.24) is 4.98 Å². The SMILES string of the molecule is O=COCC(Nc1ccc(Cl)cc1)c1cscn1. The summed E-state index contributed by atoms with van der Waals surface area (Å²) in [6.45, 7) is 0.665. The number of benzene rings is 1. The number of thiazole rings is 1. The summed E-state index contributed by atoms with van der Waals surface area (Å²) in [5.41, 5.74) is 3.48. The first-order valence-electron chi connectivity index (χ1n) is 5.25. The third-order valence-electron chi connectivity index (χ3n) is 2.32. The molecule has 0 aliphatic heterocycles. The molecule has 0 saturated carbocycles. The number of nitrogens with zero attached hydrogens (tertiary/aromatic N) is 1. The Morgan fingerprint density at radius 3 is 2.83 bits per heavy atom. The quantitative estimate of drug-likeness (QED) is 0.827. The van der Waals surface area contributed by atoms with Gasteiger partial charge in [-0.2, -0.15) is 0 Å². The molecule has 0 fully saturated rings. The zero-order valence-corrected chi connectivity index (χ0v) is 10.9. The van der Waals surface area contributed by atoms with Gasteiger partial charge in [-0.1, -0.05) is 11.6 Å². The van der Waals surface area contributed by atoms with Crippen LogP contribution in [0.2, 0.25) is 5.02 Å². The van der Waals surface area contributed by atoms with Gasteiger partial charge in [0.1, 0.15) is 12.6 Å². The summed E-state index contributed by atoms with van der Waals surface area (Å²) in [5, 5.41) is 5.84. The maximum absolute atomic E-state index is 10.3. The second-order valence-corrected chi connectivity index (χ2v) is 4.70. The molecule has 0 spiro atoms. The van der Waals surface area contributed by atoms with E-state index in [2.05, 4.69) is 10.3 Å². The van der Waals surface area contributed by atoms with Crippen molar-refractivity contribution in [3.05, 3.63) is 45.9 Å². The van der Waals surface area contributed by atoms with E-state index in [1.165, 1.54) is 11.3 Å². The minimum atomic E-state index is -0.164. The third kappa shape index (κ3) is 3.45. The van der Waals surface area contributed by atoms with Crippen LogP contribution in [0.3, 0.4) is 0 Å². The van der Waals surface area contributed by atoms with Crippen LogP contribution in [-0.2, 0) is 9.53 Å². The highest BCUT2D eigenvalue weighted by Crippen LogP contribution is 2.21. The summed E-state index contributed by atoms with van der Waals surface area (Å²) in [6.07, 6.45) is 0. The number of hydrogen-bond donors (Lipinski definition) is 1. The second kappa shape index (κ2) is 6.37. The van der Waals surface area contributed by atoms with Crippen molar-refractivity contribution in [3.8, 4) is 0 Å². The molecule has 1 aromatic heterocycles. The van der Waals surface area contributed by atoms with Gasteiger partial charge in [0.25, 0.3) is 6.47 Å². The number of halogens is 1. The molecule has 0 saturated heterocycles. The molecule has 1 N–H and O–H groups in total. The number of carbonyl (C=O) groups is 1. The van der Waals surface area contributed by atoms with E-state index in [4.69, 9.17) is 16.3 Å². The van der Waals surface area contributed by atoms with Crippen LogP contribution in [0.25, 0.3) is 0 Å². The zero-order chi connectivity index (χ0) is 12.8. The summed E-state index contributed by atoms with van der Waals surface area (Å²) < 4.78 is 4.81. The lowest BCUT2D eigenvalue weighted by atomic mass is 10.2. The lowest BCUT2D eigenvalue weighted by Gasteiger charge is -2.17. The van der Waals surface area contributed by atoms with Crippen molar-refractivity contribution in [3.63, 3.8) is 0 Å². The van der Waals surface area contributed by atoms with Gasteiger partial charge >= 0.3 is 0 Å². The van der Waals surface area contributed by atoms with E-state index in [0.717, 1.165) is 11.4 Å². The average molecular weight is 283 g/mol. The highest BCUT2D eigenvalue weighted by molar-refractivity contribution is 7.07. The van der Waals surface area contributed by atoms with Crippen LogP contribution < -0.4 is 5.32 Å². The highest BCUT2D eigenvalue weighted by atomic mass is 35.5. The first kappa shape index (κ1) is 12.9. The smallest absolute Gasteiger partial charge is 0.293 e. The largest absolute Gasteiger partial charge is 0.465 e. The Bertz CT molecular complexity index is 487. The minimum absolute atomic E-state index is 0.164. The predicted molar refractivity (Wildman–Crippen MR) is 71.9 cm³/mol. The molecular weight excluding hydrogens is 272 g/mol. The van der Waals surface area contributed by atoms with E-state index in [9.17, 15) is 4.79 Å². The van der Waals surface area contributed by atoms with Crippen molar-refractivity contribution in [2.75, 3.05) is 11.9 Å². The van der Waals surface area contributed by atoms with Crippen molar-refractivity contribution in [2.45, 2.75) is 6.04 Å². The van der Waals surface area contributed by atoms with Crippen LogP contribution in [0.5, 0.6) is 0 Å². The molecular formula is C12H11ClN2O2S. The molecule has 1 atom stereocenters. The van der Waals surface area contributed by atoms with E-state index in [-0.39, 0.29) is 12.6 Å². The fourth-order valence-electron chi connectivity index (χ4n) is 1.48. The molecule has 4 nitrogen and oxygen atoms in total. The summed E-state index contributed by atoms with van der Waals surface area (Å²) in [6, 6.07) is 7.15. The second-order valence-electron chi connectivity index (χ2n) is 3.55. The Labute approximate surface area is 114 Å². The van der Waals surface area contributed by atoms with E-state index in [0.29, 0.717) is 11.5 Å². The molecule has 0 aliphatic carbocycles. The van der Waals surface area contributed by atoms with E-state index in [1.54, 1.807) is 17.6 Å². The van der Waals surface area contributed by atoms with Crippen LogP contribution in [-0.4, -0.2) is 18.1 Å². The van der Waals surface area contributed by atoms with Gasteiger partial charge in [0.2, 0.25) is 0 Å². The fourth-order valence-corrected chi connectivity index (χ4v) is 2.21. The van der Waals surface area contributed by atoms with Crippen LogP contribution in [0.15, 0.2) is 35.2 Å². The third-order valence-corrected chi connectivity index (χ3v) is 3.18. The number of hydrogen-bond acceptors (Lipinski definition) is 5. The van der Waals surface area contributed by atoms with Gasteiger partial charge in [0.15, 0.2) is 0 Å². The first-order chi connectivity index (χ1) is 8.79. The first-order valence-corrected chi connectivity index (χ1v) is 6.57. The van der Waals surface area contributed by atoms with Crippen LogP contribution >= 0.6 is 22.9 Å². The number of aromatic nitrogens is 1. The summed E-state index contributed by atoms with van der Waals surface area (Å²) in [4.78, 5) is 14.5. The molecule has 1 aromatic carbocycles. The summed E-state index contributed by atoms with van der Waals surface area (Å²) in [7, 11) is 0. The van der Waals surface area contributed by atoms with Crippen molar-refractivity contribution in [2.24, 2.45) is 0 Å². The van der Waals surface area contributed by atoms with Gasteiger partial charge in [-0.15, -0.1) is 11.3 Å². The predicted octanol–water partition coefficient (Wildman–Crippen LogP) is 3.12. The lowest BCUT2D eigenvalue weighted by molar-refractivity contribution is -0.129. The van der Waals surface area contributed by atoms with Crippen LogP contribution in [0.4, 0.5) is 5.69 Å². The molecule has 0 radical (unpaired) electrons. The van der Waals surface area contributed by atoms with Crippen molar-refractivity contribution >= 4 is 35.1 Å². The molecule has 0 aliphatic rings. The molecule has 6 heteroatoms. The molecule has 94 valence electrons. The molecule has 18 heavy (non-hydrogen) atoms. The van der Waals surface area contributed by atoms with E-state index >= 15 is 0 Å². The monoisotopic (exact) mass is 282 g/mol. The Hall–Kier alpha value is -1.59. The van der Waals surface area contributed by atoms with Gasteiger partial charge < -0.3 is 10.1 Å². The van der Waals surface area contributed by atoms with Gasteiger partial charge in [-0.25, -0.2) is 4.98 Å². The zero-order valence-electron chi connectivity index (χ0n) is 9.38. The topological polar surface area (TPSA) is 51.2 Å². The van der Waals surface area contributed by atoms with Crippen molar-refractivity contribution < 1.29 is 9.53 Å². The van der Waals surface area contributed by atoms with E-state index in [1.807, 2.05) is 17.5 Å². The number of carbonyl (C=O) groups excluding carboxylic acids is 1. The maximum Gasteiger partial charge on any atom is 0.293 e. The number of rotatable bonds is 6. The number of ether oxygens (including phenoxy) is 1. The summed E-state index contributed by atoms with van der Waals surface area (Å²) >= 11 is 7.32. The van der Waals surface area contributed by atoms with Gasteiger partial charge in [-0.05, 0) is 24.3 Å². The minimum Gasteiger partial charge on any atom is -0.465 e. The Morgan fingerprint density at radius 1 is 1.44 bits per heavy atom. The van der Waals surface area contributed by atoms with Gasteiger partial charge in [0, 0.05) is 16.1 Å². The molecule has 0 amide bonds. The van der Waals surface area contributed by atoms with Crippen LogP contribution in [0.1, 0.15) is 11.7 Å². The van der Waals surface area contributed by atoms with Crippen LogP contribution in [0, 0.1) is 0 Å². The summed E-state index contributed by atoms with van der Waals surface area (Å²) in [5.74, 6) is 0. The molecule has 2 aromatic rings. The molecule has 2 rings (SSSR count). The average Bonchev–Trinajstić information content (AvgIpc) is 2.90. The number of anilines is 1. The van der Waals surface area contributed by atoms with Gasteiger partial charge in [0.05, 0.1) is 11.2 Å². The normalized spacial score (nSPS) is 11.8. The maximum atomic E-state index is 10.3. The number of nitrogens with one attached hydrogen (secondary N) is 1. The standard InChI is InChI=1S/C12H11ClN2O2S/c13-9-1-3-10(4-2-9)15-11(5-17-8-16)12-6-18-7-14-12/h1-4,6-8,11,15H,5H2. The lowest BCUT2D eigenvalue weighted by Crippen LogP contribution is -2.17.